The molecule has 3 heterocycles. The number of aliphatic hydroxyl groups excluding tert-OH is 1. The van der Waals surface area contributed by atoms with E-state index < -0.39 is 11.2 Å². The molecule has 0 radical (unpaired) electrons. The van der Waals surface area contributed by atoms with Crippen LogP contribution in [-0.2, 0) is 11.2 Å². The lowest BCUT2D eigenvalue weighted by Crippen LogP contribution is -2.41. The van der Waals surface area contributed by atoms with Gasteiger partial charge in [-0.05, 0) is 30.9 Å². The fourth-order valence-corrected chi connectivity index (χ4v) is 3.94. The Balaban J connectivity index is 1.83. The molecular formula is C15H21ClN6O2S. The Hall–Kier alpha value is -1.42. The van der Waals surface area contributed by atoms with Crippen LogP contribution >= 0.6 is 11.6 Å². The van der Waals surface area contributed by atoms with Crippen molar-refractivity contribution < 1.29 is 9.66 Å². The molecule has 1 aliphatic heterocycles. The Labute approximate surface area is 154 Å². The largest absolute Gasteiger partial charge is 0.616 e. The summed E-state index contributed by atoms with van der Waals surface area (Å²) in [5, 5.41) is 12.2. The van der Waals surface area contributed by atoms with Crippen LogP contribution < -0.4 is 10.2 Å². The third-order valence-electron chi connectivity index (χ3n) is 4.04. The summed E-state index contributed by atoms with van der Waals surface area (Å²) in [4.78, 5) is 19.3. The Morgan fingerprint density at radius 2 is 1.96 bits per heavy atom. The van der Waals surface area contributed by atoms with Crippen molar-refractivity contribution in [2.75, 3.05) is 48.0 Å². The molecular weight excluding hydrogens is 364 g/mol. The molecule has 2 N–H and O–H groups in total. The first-order valence-electron chi connectivity index (χ1n) is 8.32. The van der Waals surface area contributed by atoms with Gasteiger partial charge in [0.1, 0.15) is 28.9 Å². The molecule has 0 spiro atoms. The lowest BCUT2D eigenvalue weighted by molar-refractivity contribution is 0.283. The van der Waals surface area contributed by atoms with Crippen molar-refractivity contribution in [1.29, 1.82) is 0 Å². The third kappa shape index (κ3) is 4.60. The number of unbranched alkanes of at least 4 members (excludes halogenated alkanes) is 2. The fraction of sp³-hybridized carbons (Fsp3) is 0.600. The van der Waals surface area contributed by atoms with Crippen molar-refractivity contribution in [1.82, 2.24) is 19.9 Å². The van der Waals surface area contributed by atoms with E-state index in [9.17, 15) is 4.55 Å². The minimum absolute atomic E-state index is 0.146. The number of hydrogen-bond acceptors (Lipinski definition) is 8. The molecule has 10 heteroatoms. The molecule has 3 rings (SSSR count). The van der Waals surface area contributed by atoms with Crippen LogP contribution in [-0.4, -0.2) is 67.3 Å². The van der Waals surface area contributed by atoms with Crippen LogP contribution in [0.2, 0.25) is 5.28 Å². The van der Waals surface area contributed by atoms with E-state index in [1.54, 1.807) is 0 Å². The van der Waals surface area contributed by atoms with Gasteiger partial charge in [-0.3, -0.25) is 0 Å². The number of fused-ring (bicyclic) bond motifs is 1. The fourth-order valence-electron chi connectivity index (χ4n) is 2.73. The van der Waals surface area contributed by atoms with Crippen LogP contribution in [0.3, 0.4) is 0 Å². The number of nitrogens with one attached hydrogen (secondary N) is 1. The topological polar surface area (TPSA) is 110 Å². The zero-order valence-corrected chi connectivity index (χ0v) is 15.4. The van der Waals surface area contributed by atoms with Gasteiger partial charge in [-0.15, -0.1) is 0 Å². The van der Waals surface area contributed by atoms with Crippen molar-refractivity contribution in [2.24, 2.45) is 0 Å². The summed E-state index contributed by atoms with van der Waals surface area (Å²) in [6, 6.07) is 0. The Morgan fingerprint density at radius 3 is 2.72 bits per heavy atom. The maximum absolute atomic E-state index is 11.6. The van der Waals surface area contributed by atoms with Gasteiger partial charge in [0.2, 0.25) is 5.28 Å². The van der Waals surface area contributed by atoms with Crippen molar-refractivity contribution in [2.45, 2.75) is 19.3 Å². The van der Waals surface area contributed by atoms with E-state index >= 15 is 0 Å². The smallest absolute Gasteiger partial charge is 0.225 e. The van der Waals surface area contributed by atoms with Crippen molar-refractivity contribution in [3.8, 4) is 0 Å². The molecule has 1 aliphatic rings. The highest BCUT2D eigenvalue weighted by molar-refractivity contribution is 7.91. The van der Waals surface area contributed by atoms with Gasteiger partial charge in [0.05, 0.1) is 13.1 Å². The van der Waals surface area contributed by atoms with Gasteiger partial charge in [-0.2, -0.15) is 4.98 Å². The second kappa shape index (κ2) is 8.79. The summed E-state index contributed by atoms with van der Waals surface area (Å²) in [7, 11) is 0. The van der Waals surface area contributed by atoms with Crippen molar-refractivity contribution in [3.05, 3.63) is 11.6 Å². The van der Waals surface area contributed by atoms with Crippen LogP contribution in [0.1, 0.15) is 19.3 Å². The van der Waals surface area contributed by atoms with E-state index in [1.165, 1.54) is 6.33 Å². The molecule has 2 aromatic rings. The summed E-state index contributed by atoms with van der Waals surface area (Å²) in [6.45, 7) is 2.25. The molecule has 0 atom stereocenters. The summed E-state index contributed by atoms with van der Waals surface area (Å²) in [5.74, 6) is 2.52. The molecule has 0 unspecified atom stereocenters. The highest BCUT2D eigenvalue weighted by Crippen LogP contribution is 2.28. The Kier molecular flexibility index (Phi) is 6.46. The van der Waals surface area contributed by atoms with Crippen LogP contribution in [0.25, 0.3) is 11.0 Å². The average molecular weight is 385 g/mol. The standard InChI is InChI=1S/C15H21ClN6O2S/c16-15-20-11-12(14(21-15)22-5-8-25(24)9-6-22)18-10-19-13(11)17-4-2-1-3-7-23/h10,23H,1-9H2,(H,17,18,19). The molecule has 1 fully saturated rings. The number of anilines is 2. The molecule has 0 bridgehead atoms. The van der Waals surface area contributed by atoms with Crippen molar-refractivity contribution >= 4 is 45.4 Å². The highest BCUT2D eigenvalue weighted by atomic mass is 35.5. The van der Waals surface area contributed by atoms with E-state index in [4.69, 9.17) is 16.7 Å². The van der Waals surface area contributed by atoms with E-state index in [-0.39, 0.29) is 11.9 Å². The predicted octanol–water partition coefficient (Wildman–Crippen LogP) is 1.22. The molecule has 2 aromatic heterocycles. The normalized spacial score (nSPS) is 15.7. The second-order valence-electron chi connectivity index (χ2n) is 5.78. The van der Waals surface area contributed by atoms with Gasteiger partial charge in [0, 0.05) is 13.2 Å². The number of rotatable bonds is 7. The first-order chi connectivity index (χ1) is 12.2. The zero-order valence-electron chi connectivity index (χ0n) is 13.8. The van der Waals surface area contributed by atoms with Gasteiger partial charge in [0.25, 0.3) is 0 Å². The average Bonchev–Trinajstić information content (AvgIpc) is 2.62. The molecule has 136 valence electrons. The van der Waals surface area contributed by atoms with E-state index in [0.29, 0.717) is 47.3 Å². The minimum atomic E-state index is -0.766. The maximum Gasteiger partial charge on any atom is 0.225 e. The van der Waals surface area contributed by atoms with Gasteiger partial charge < -0.3 is 19.9 Å². The third-order valence-corrected chi connectivity index (χ3v) is 5.49. The lowest BCUT2D eigenvalue weighted by atomic mass is 10.2. The quantitative estimate of drug-likeness (QED) is 0.416. The lowest BCUT2D eigenvalue weighted by Gasteiger charge is -2.29. The Morgan fingerprint density at radius 1 is 1.16 bits per heavy atom. The first-order valence-corrected chi connectivity index (χ1v) is 10.2. The highest BCUT2D eigenvalue weighted by Gasteiger charge is 2.24. The molecule has 0 saturated carbocycles. The van der Waals surface area contributed by atoms with E-state index in [1.807, 2.05) is 0 Å². The molecule has 0 aromatic carbocycles. The van der Waals surface area contributed by atoms with Gasteiger partial charge >= 0.3 is 0 Å². The molecule has 25 heavy (non-hydrogen) atoms. The monoisotopic (exact) mass is 384 g/mol. The summed E-state index contributed by atoms with van der Waals surface area (Å²) in [6.07, 6.45) is 4.15. The first kappa shape index (κ1) is 18.4. The van der Waals surface area contributed by atoms with Gasteiger partial charge in [-0.1, -0.05) is 11.2 Å². The van der Waals surface area contributed by atoms with Crippen LogP contribution in [0.4, 0.5) is 11.6 Å². The molecule has 8 nitrogen and oxygen atoms in total. The van der Waals surface area contributed by atoms with Crippen molar-refractivity contribution in [3.63, 3.8) is 0 Å². The zero-order chi connectivity index (χ0) is 17.6. The van der Waals surface area contributed by atoms with Gasteiger partial charge in [-0.25, -0.2) is 15.0 Å². The number of nitrogens with zero attached hydrogens (tertiary/aromatic N) is 5. The number of aliphatic hydroxyl groups is 1. The number of aromatic nitrogens is 4. The van der Waals surface area contributed by atoms with E-state index in [2.05, 4.69) is 30.2 Å². The number of hydrogen-bond donors (Lipinski definition) is 2. The second-order valence-corrected chi connectivity index (χ2v) is 7.82. The predicted molar refractivity (Wildman–Crippen MR) is 99.7 cm³/mol. The summed E-state index contributed by atoms with van der Waals surface area (Å²) < 4.78 is 11.6. The van der Waals surface area contributed by atoms with E-state index in [0.717, 1.165) is 25.8 Å². The Bertz CT molecular complexity index is 714. The minimum Gasteiger partial charge on any atom is -0.616 e. The van der Waals surface area contributed by atoms with Crippen LogP contribution in [0.5, 0.6) is 0 Å². The number of halogens is 1. The summed E-state index contributed by atoms with van der Waals surface area (Å²) in [5.41, 5.74) is 1.23. The van der Waals surface area contributed by atoms with Crippen LogP contribution in [0, 0.1) is 0 Å². The molecule has 1 saturated heterocycles. The van der Waals surface area contributed by atoms with Gasteiger partial charge in [0.15, 0.2) is 11.6 Å². The summed E-state index contributed by atoms with van der Waals surface area (Å²) >= 11 is 5.36. The molecule has 0 amide bonds. The SMILES string of the molecule is [O-][S+]1CCN(c2nc(Cl)nc3c(NCCCCCO)ncnc23)CC1. The van der Waals surface area contributed by atoms with Crippen LogP contribution in [0.15, 0.2) is 6.33 Å². The molecule has 0 aliphatic carbocycles. The maximum atomic E-state index is 11.6.